The number of hydrogen-bond donors (Lipinski definition) is 2. The molecule has 1 amide bonds. The molecule has 3 nitrogen and oxygen atoms in total. The Morgan fingerprint density at radius 2 is 1.71 bits per heavy atom. The molecule has 0 aliphatic heterocycles. The van der Waals surface area contributed by atoms with Crippen LogP contribution in [-0.4, -0.2) is 12.5 Å². The Hall–Kier alpha value is -2.13. The smallest absolute Gasteiger partial charge is 0.251 e. The predicted octanol–water partition coefficient (Wildman–Crippen LogP) is 2.68. The third-order valence-electron chi connectivity index (χ3n) is 3.56. The van der Waals surface area contributed by atoms with Crippen LogP contribution in [0.4, 0.5) is 0 Å². The highest BCUT2D eigenvalue weighted by atomic mass is 16.1. The molecule has 2 aromatic rings. The van der Waals surface area contributed by atoms with Crippen LogP contribution in [0.2, 0.25) is 0 Å². The zero-order valence-corrected chi connectivity index (χ0v) is 12.4. The second-order valence-electron chi connectivity index (χ2n) is 5.05. The summed E-state index contributed by atoms with van der Waals surface area (Å²) in [6.45, 7) is 3.22. The first-order valence-electron chi connectivity index (χ1n) is 7.38. The largest absolute Gasteiger partial charge is 0.348 e. The van der Waals surface area contributed by atoms with Crippen molar-refractivity contribution < 1.29 is 4.79 Å². The summed E-state index contributed by atoms with van der Waals surface area (Å²) in [5, 5.41) is 2.97. The van der Waals surface area contributed by atoms with E-state index in [9.17, 15) is 4.79 Å². The SMILES string of the molecule is CCc1ccc(CNC(=O)c2ccccc2CCN)cc1. The summed E-state index contributed by atoms with van der Waals surface area (Å²) in [7, 11) is 0. The van der Waals surface area contributed by atoms with E-state index in [1.807, 2.05) is 24.3 Å². The van der Waals surface area contributed by atoms with E-state index in [4.69, 9.17) is 5.73 Å². The zero-order valence-electron chi connectivity index (χ0n) is 12.4. The van der Waals surface area contributed by atoms with Gasteiger partial charge in [0.05, 0.1) is 0 Å². The van der Waals surface area contributed by atoms with Crippen molar-refractivity contribution in [2.45, 2.75) is 26.3 Å². The van der Waals surface area contributed by atoms with Crippen LogP contribution in [0.15, 0.2) is 48.5 Å². The molecule has 0 heterocycles. The molecule has 0 aromatic heterocycles. The van der Waals surface area contributed by atoms with Crippen molar-refractivity contribution in [1.29, 1.82) is 0 Å². The number of hydrogen-bond acceptors (Lipinski definition) is 2. The molecule has 3 N–H and O–H groups in total. The van der Waals surface area contributed by atoms with Gasteiger partial charge in [-0.05, 0) is 42.1 Å². The normalized spacial score (nSPS) is 10.4. The lowest BCUT2D eigenvalue weighted by atomic mass is 10.0. The predicted molar refractivity (Wildman–Crippen MR) is 86.2 cm³/mol. The molecular formula is C18H22N2O. The van der Waals surface area contributed by atoms with Crippen molar-refractivity contribution in [2.24, 2.45) is 5.73 Å². The van der Waals surface area contributed by atoms with Crippen LogP contribution < -0.4 is 11.1 Å². The van der Waals surface area contributed by atoms with Crippen LogP contribution in [0.1, 0.15) is 34.0 Å². The second-order valence-corrected chi connectivity index (χ2v) is 5.05. The fourth-order valence-electron chi connectivity index (χ4n) is 2.29. The Balaban J connectivity index is 2.01. The molecule has 2 aromatic carbocycles. The van der Waals surface area contributed by atoms with E-state index in [0.717, 1.165) is 24.0 Å². The fraction of sp³-hybridized carbons (Fsp3) is 0.278. The molecule has 0 radical (unpaired) electrons. The average Bonchev–Trinajstić information content (AvgIpc) is 2.54. The van der Waals surface area contributed by atoms with Crippen molar-refractivity contribution in [3.63, 3.8) is 0 Å². The molecule has 0 bridgehead atoms. The van der Waals surface area contributed by atoms with Gasteiger partial charge in [0.25, 0.3) is 5.91 Å². The molecule has 0 saturated carbocycles. The van der Waals surface area contributed by atoms with Crippen molar-refractivity contribution in [1.82, 2.24) is 5.32 Å². The third-order valence-corrected chi connectivity index (χ3v) is 3.56. The van der Waals surface area contributed by atoms with E-state index in [1.165, 1.54) is 5.56 Å². The Kier molecular flexibility index (Phi) is 5.52. The number of aryl methyl sites for hydroxylation is 1. The van der Waals surface area contributed by atoms with Gasteiger partial charge in [-0.25, -0.2) is 0 Å². The number of carbonyl (C=O) groups is 1. The van der Waals surface area contributed by atoms with Gasteiger partial charge in [-0.2, -0.15) is 0 Å². The highest BCUT2D eigenvalue weighted by molar-refractivity contribution is 5.95. The maximum absolute atomic E-state index is 12.3. The molecule has 2 rings (SSSR count). The average molecular weight is 282 g/mol. The molecule has 3 heteroatoms. The third kappa shape index (κ3) is 4.17. The van der Waals surface area contributed by atoms with Gasteiger partial charge in [-0.15, -0.1) is 0 Å². The van der Waals surface area contributed by atoms with Crippen LogP contribution >= 0.6 is 0 Å². The summed E-state index contributed by atoms with van der Waals surface area (Å²) in [4.78, 5) is 12.3. The second kappa shape index (κ2) is 7.60. The molecule has 0 fully saturated rings. The molecule has 0 unspecified atom stereocenters. The van der Waals surface area contributed by atoms with Crippen LogP contribution in [0.3, 0.4) is 0 Å². The van der Waals surface area contributed by atoms with Gasteiger partial charge in [0.2, 0.25) is 0 Å². The number of nitrogens with one attached hydrogen (secondary N) is 1. The first-order chi connectivity index (χ1) is 10.2. The molecule has 0 saturated heterocycles. The lowest BCUT2D eigenvalue weighted by Gasteiger charge is -2.10. The van der Waals surface area contributed by atoms with Crippen LogP contribution in [0, 0.1) is 0 Å². The van der Waals surface area contributed by atoms with Gasteiger partial charge in [0.1, 0.15) is 0 Å². The van der Waals surface area contributed by atoms with Crippen molar-refractivity contribution in [3.8, 4) is 0 Å². The molecule has 0 spiro atoms. The minimum absolute atomic E-state index is 0.0429. The summed E-state index contributed by atoms with van der Waals surface area (Å²) >= 11 is 0. The molecule has 0 aliphatic carbocycles. The summed E-state index contributed by atoms with van der Waals surface area (Å²) in [6.07, 6.45) is 1.74. The minimum atomic E-state index is -0.0429. The first kappa shape index (κ1) is 15.3. The van der Waals surface area contributed by atoms with Crippen LogP contribution in [0.25, 0.3) is 0 Å². The lowest BCUT2D eigenvalue weighted by Crippen LogP contribution is -2.24. The first-order valence-corrected chi connectivity index (χ1v) is 7.38. The monoisotopic (exact) mass is 282 g/mol. The summed E-state index contributed by atoms with van der Waals surface area (Å²) < 4.78 is 0. The van der Waals surface area contributed by atoms with Gasteiger partial charge < -0.3 is 11.1 Å². The maximum Gasteiger partial charge on any atom is 0.251 e. The Morgan fingerprint density at radius 1 is 1.05 bits per heavy atom. The number of amides is 1. The molecule has 0 atom stereocenters. The van der Waals surface area contributed by atoms with Crippen molar-refractivity contribution >= 4 is 5.91 Å². The number of nitrogens with two attached hydrogens (primary N) is 1. The molecule has 21 heavy (non-hydrogen) atoms. The fourth-order valence-corrected chi connectivity index (χ4v) is 2.29. The van der Waals surface area contributed by atoms with E-state index in [0.29, 0.717) is 18.7 Å². The van der Waals surface area contributed by atoms with Crippen molar-refractivity contribution in [2.75, 3.05) is 6.54 Å². The van der Waals surface area contributed by atoms with Gasteiger partial charge in [-0.1, -0.05) is 49.4 Å². The Morgan fingerprint density at radius 3 is 2.38 bits per heavy atom. The minimum Gasteiger partial charge on any atom is -0.348 e. The van der Waals surface area contributed by atoms with E-state index in [1.54, 1.807) is 0 Å². The van der Waals surface area contributed by atoms with Crippen LogP contribution in [0.5, 0.6) is 0 Å². The summed E-state index contributed by atoms with van der Waals surface area (Å²) in [5.41, 5.74) is 9.72. The molecule has 110 valence electrons. The zero-order chi connectivity index (χ0) is 15.1. The number of carbonyl (C=O) groups excluding carboxylic acids is 1. The van der Waals surface area contributed by atoms with E-state index >= 15 is 0 Å². The van der Waals surface area contributed by atoms with Gasteiger partial charge in [0, 0.05) is 12.1 Å². The molecule has 0 aliphatic rings. The summed E-state index contributed by atoms with van der Waals surface area (Å²) in [6, 6.07) is 15.9. The highest BCUT2D eigenvalue weighted by Crippen LogP contribution is 2.10. The topological polar surface area (TPSA) is 55.1 Å². The van der Waals surface area contributed by atoms with E-state index in [2.05, 4.69) is 36.5 Å². The Bertz CT molecular complexity index is 590. The number of benzene rings is 2. The van der Waals surface area contributed by atoms with Crippen LogP contribution in [-0.2, 0) is 19.4 Å². The number of rotatable bonds is 6. The van der Waals surface area contributed by atoms with Crippen molar-refractivity contribution in [3.05, 3.63) is 70.8 Å². The standard InChI is InChI=1S/C18H22N2O/c1-2-14-7-9-15(10-8-14)13-20-18(21)17-6-4-3-5-16(17)11-12-19/h3-10H,2,11-13,19H2,1H3,(H,20,21). The van der Waals surface area contributed by atoms with Gasteiger partial charge >= 0.3 is 0 Å². The van der Waals surface area contributed by atoms with E-state index in [-0.39, 0.29) is 5.91 Å². The Labute approximate surface area is 126 Å². The lowest BCUT2D eigenvalue weighted by molar-refractivity contribution is 0.0950. The summed E-state index contributed by atoms with van der Waals surface area (Å²) in [5.74, 6) is -0.0429. The maximum atomic E-state index is 12.3. The van der Waals surface area contributed by atoms with E-state index < -0.39 is 0 Å². The molecular weight excluding hydrogens is 260 g/mol. The highest BCUT2D eigenvalue weighted by Gasteiger charge is 2.09. The van der Waals surface area contributed by atoms with Gasteiger partial charge in [0.15, 0.2) is 0 Å². The van der Waals surface area contributed by atoms with Gasteiger partial charge in [-0.3, -0.25) is 4.79 Å². The quantitative estimate of drug-likeness (QED) is 0.856.